The number of fused-ring (bicyclic) bond motifs is 1. The molecule has 28 heteroatoms. The fraction of sp³-hybridized carbons (Fsp3) is 0.426. The topological polar surface area (TPSA) is 421 Å². The second kappa shape index (κ2) is 31.8. The van der Waals surface area contributed by atoms with Crippen molar-refractivity contribution in [1.82, 2.24) is 47.1 Å². The van der Waals surface area contributed by atoms with E-state index in [1.165, 1.54) is 12.1 Å². The lowest BCUT2D eigenvalue weighted by Crippen LogP contribution is -2.59. The van der Waals surface area contributed by atoms with Crippen LogP contribution < -0.4 is 47.1 Å². The molecule has 0 fully saturated rings. The van der Waals surface area contributed by atoms with Gasteiger partial charge >= 0.3 is 22.3 Å². The van der Waals surface area contributed by atoms with Gasteiger partial charge in [0.25, 0.3) is 0 Å². The number of hydrogen-bond acceptors (Lipinski definition) is 14. The molecule has 0 radical (unpaired) electrons. The molecular formula is C54H70N10O17S. The minimum Gasteiger partial charge on any atom is -0.481 e. The molecule has 7 atom stereocenters. The van der Waals surface area contributed by atoms with Crippen LogP contribution in [0.15, 0.2) is 85.1 Å². The molecule has 13 N–H and O–H groups in total. The van der Waals surface area contributed by atoms with E-state index < -0.39 is 137 Å². The molecule has 0 saturated carbocycles. The molecule has 0 unspecified atom stereocenters. The Bertz CT molecular complexity index is 3010. The van der Waals surface area contributed by atoms with Crippen molar-refractivity contribution in [2.24, 2.45) is 5.73 Å². The molecule has 0 aliphatic carbocycles. The zero-order chi connectivity index (χ0) is 60.7. The number of para-hydroxylation sites is 1. The summed E-state index contributed by atoms with van der Waals surface area (Å²) in [6.07, 6.45) is 1.02. The Hall–Kier alpha value is -8.92. The first-order chi connectivity index (χ1) is 38.8. The highest BCUT2D eigenvalue weighted by Crippen LogP contribution is 2.21. The number of aromatic nitrogens is 1. The van der Waals surface area contributed by atoms with E-state index in [0.29, 0.717) is 47.7 Å². The second-order valence-corrected chi connectivity index (χ2v) is 20.3. The van der Waals surface area contributed by atoms with E-state index in [9.17, 15) is 71.4 Å². The summed E-state index contributed by atoms with van der Waals surface area (Å²) in [7, 11) is -3.74. The van der Waals surface area contributed by atoms with Crippen LogP contribution in [0.5, 0.6) is 5.75 Å². The highest BCUT2D eigenvalue weighted by atomic mass is 32.3. The van der Waals surface area contributed by atoms with Gasteiger partial charge in [0, 0.05) is 50.3 Å². The summed E-state index contributed by atoms with van der Waals surface area (Å²) in [5.74, 6) is -11.5. The minimum atomic E-state index is -4.91. The third kappa shape index (κ3) is 21.6. The van der Waals surface area contributed by atoms with Crippen molar-refractivity contribution in [3.8, 4) is 5.75 Å². The van der Waals surface area contributed by atoms with Gasteiger partial charge in [-0.05, 0) is 47.7 Å². The number of nitrogens with zero attached hydrogens (tertiary/aromatic N) is 1. The molecule has 0 bridgehead atoms. The summed E-state index contributed by atoms with van der Waals surface area (Å²) in [4.78, 5) is 150. The fourth-order valence-electron chi connectivity index (χ4n) is 8.61. The van der Waals surface area contributed by atoms with Gasteiger partial charge in [0.1, 0.15) is 48.0 Å². The number of primary amides is 1. The van der Waals surface area contributed by atoms with Gasteiger partial charge < -0.3 is 67.2 Å². The van der Waals surface area contributed by atoms with E-state index in [0.717, 1.165) is 31.0 Å². The number of amides is 9. The number of rotatable bonds is 34. The third-order valence-corrected chi connectivity index (χ3v) is 13.2. The van der Waals surface area contributed by atoms with Crippen LogP contribution in [0.3, 0.4) is 0 Å². The lowest BCUT2D eigenvalue weighted by Gasteiger charge is -2.31. The number of unbranched alkanes of at least 4 members (excludes halogenated alkanes) is 2. The van der Waals surface area contributed by atoms with Crippen molar-refractivity contribution in [1.29, 1.82) is 0 Å². The van der Waals surface area contributed by atoms with Gasteiger partial charge in [-0.1, -0.05) is 100 Å². The number of carbonyl (C=O) groups excluding carboxylic acids is 9. The first-order valence-corrected chi connectivity index (χ1v) is 27.5. The van der Waals surface area contributed by atoms with Crippen LogP contribution in [0.4, 0.5) is 0 Å². The number of carbonyl (C=O) groups is 11. The molecular weight excluding hydrogens is 1090 g/mol. The Morgan fingerprint density at radius 2 is 1.13 bits per heavy atom. The highest BCUT2D eigenvalue weighted by Gasteiger charge is 2.36. The number of nitrogens with one attached hydrogen (secondary N) is 8. The molecule has 27 nitrogen and oxygen atoms in total. The number of aliphatic carboxylic acids is 2. The Balaban J connectivity index is 1.58. The van der Waals surface area contributed by atoms with Gasteiger partial charge in [-0.15, -0.1) is 0 Å². The molecule has 4 aromatic rings. The van der Waals surface area contributed by atoms with Crippen molar-refractivity contribution < 1.29 is 80.1 Å². The van der Waals surface area contributed by atoms with Crippen LogP contribution in [-0.2, 0) is 82.4 Å². The van der Waals surface area contributed by atoms with Crippen molar-refractivity contribution in [2.75, 3.05) is 13.6 Å². The summed E-state index contributed by atoms with van der Waals surface area (Å²) in [5.41, 5.74) is 7.74. The van der Waals surface area contributed by atoms with Gasteiger partial charge in [0.2, 0.25) is 53.2 Å². The Morgan fingerprint density at radius 1 is 0.610 bits per heavy atom. The number of nitrogens with two attached hydrogens (primary N) is 1. The van der Waals surface area contributed by atoms with Crippen LogP contribution in [0.2, 0.25) is 0 Å². The molecule has 0 spiro atoms. The smallest absolute Gasteiger partial charge is 0.446 e. The molecule has 0 aliphatic heterocycles. The Labute approximate surface area is 472 Å². The lowest BCUT2D eigenvalue weighted by atomic mass is 10.0. The van der Waals surface area contributed by atoms with Crippen LogP contribution in [-0.4, -0.2) is 154 Å². The molecule has 0 aliphatic rings. The maximum Gasteiger partial charge on any atom is 0.446 e. The van der Waals surface area contributed by atoms with Crippen molar-refractivity contribution in [2.45, 2.75) is 134 Å². The van der Waals surface area contributed by atoms with E-state index in [1.807, 2.05) is 6.92 Å². The average molecular weight is 1160 g/mol. The first-order valence-electron chi connectivity index (χ1n) is 26.2. The van der Waals surface area contributed by atoms with E-state index in [4.69, 9.17) is 10.3 Å². The first kappa shape index (κ1) is 65.6. The Morgan fingerprint density at radius 3 is 1.72 bits per heavy atom. The average Bonchev–Trinajstić information content (AvgIpc) is 3.84. The van der Waals surface area contributed by atoms with Crippen LogP contribution in [0.25, 0.3) is 10.9 Å². The second-order valence-electron chi connectivity index (χ2n) is 19.3. The molecule has 3 aromatic carbocycles. The molecule has 4 rings (SSSR count). The minimum absolute atomic E-state index is 0.00350. The van der Waals surface area contributed by atoms with Gasteiger partial charge in [-0.2, -0.15) is 8.42 Å². The summed E-state index contributed by atoms with van der Waals surface area (Å²) >= 11 is 0. The zero-order valence-electron chi connectivity index (χ0n) is 45.6. The number of aromatic amines is 1. The summed E-state index contributed by atoms with van der Waals surface area (Å²) in [5, 5.41) is 37.3. The molecule has 1 aromatic heterocycles. The van der Waals surface area contributed by atoms with Crippen molar-refractivity contribution in [3.05, 3.63) is 102 Å². The number of carboxylic acid groups (broad SMARTS) is 2. The van der Waals surface area contributed by atoms with Crippen molar-refractivity contribution in [3.63, 3.8) is 0 Å². The van der Waals surface area contributed by atoms with Gasteiger partial charge in [-0.25, -0.2) is 0 Å². The summed E-state index contributed by atoms with van der Waals surface area (Å²) in [6, 6.07) is 10.1. The van der Waals surface area contributed by atoms with E-state index in [-0.39, 0.29) is 43.4 Å². The summed E-state index contributed by atoms with van der Waals surface area (Å²) in [6.45, 7) is 3.89. The molecule has 9 amide bonds. The van der Waals surface area contributed by atoms with Gasteiger partial charge in [-0.3, -0.25) is 57.3 Å². The SMILES string of the molecule is CCCC[C@H](NC(=O)[C@H](Cc1c[nH]c2ccccc12)NC(=O)CNC(=O)[C@H](CCCC)NC(=O)[C@H](Cc1ccc(OS(=O)(=O)O)cc1)N(C)C(=O)[C@H](CC(=O)O)NC(C)=O)C(=O)N[C@@H](CC(=O)O)C(=O)N[C@@H](Cc1ccccc1)C(N)=O. The number of H-pyrrole nitrogens is 1. The maximum absolute atomic E-state index is 14.4. The molecule has 1 heterocycles. The molecule has 0 saturated heterocycles. The standard InChI is InChI=1S/C54H70N10O17S/c1-5-7-17-38(61-53(76)44(25-33-20-22-35(23-21-33)81-82(78,79)80)64(4)54(77)43(28-47(69)70)58-31(3)65)49(72)57-30-45(66)59-41(26-34-29-56-37-19-13-12-16-36(34)37)51(74)60-39(18-8-6-2)50(73)63-42(27-46(67)68)52(75)62-40(48(55)71)24-32-14-10-9-11-15-32/h9-16,19-23,29,38-44,56H,5-8,17-18,24-28,30H2,1-4H3,(H2,55,71)(H,57,72)(H,58,65)(H,59,66)(H,60,74)(H,61,76)(H,62,75)(H,63,73)(H,67,68)(H,69,70)(H,78,79,80)/t38-,39-,40-,41-,42-,43-,44-/m0/s1. The normalized spacial score (nSPS) is 13.7. The zero-order valence-corrected chi connectivity index (χ0v) is 46.4. The third-order valence-electron chi connectivity index (χ3n) is 12.8. The quantitative estimate of drug-likeness (QED) is 0.0275. The highest BCUT2D eigenvalue weighted by molar-refractivity contribution is 7.81. The maximum atomic E-state index is 14.4. The monoisotopic (exact) mass is 1160 g/mol. The van der Waals surface area contributed by atoms with Gasteiger partial charge in [0.15, 0.2) is 0 Å². The fourth-order valence-corrected chi connectivity index (χ4v) is 8.97. The Kier molecular flexibility index (Phi) is 25.4. The largest absolute Gasteiger partial charge is 0.481 e. The predicted molar refractivity (Wildman–Crippen MR) is 294 cm³/mol. The predicted octanol–water partition coefficient (Wildman–Crippen LogP) is 0.0644. The number of hydrogen-bond donors (Lipinski definition) is 12. The van der Waals surface area contributed by atoms with Gasteiger partial charge in [0.05, 0.1) is 19.4 Å². The van der Waals surface area contributed by atoms with Crippen molar-refractivity contribution >= 4 is 86.4 Å². The van der Waals surface area contributed by atoms with E-state index >= 15 is 0 Å². The van der Waals surface area contributed by atoms with E-state index in [1.54, 1.807) is 67.7 Å². The molecule has 444 valence electrons. The molecule has 82 heavy (non-hydrogen) atoms. The lowest BCUT2D eigenvalue weighted by molar-refractivity contribution is -0.146. The number of benzene rings is 3. The van der Waals surface area contributed by atoms with Crippen LogP contribution in [0, 0.1) is 0 Å². The van der Waals surface area contributed by atoms with E-state index in [2.05, 4.69) is 46.4 Å². The number of likely N-dealkylation sites (N-methyl/N-ethyl adjacent to an activating group) is 1. The van der Waals surface area contributed by atoms with Crippen LogP contribution in [0.1, 0.15) is 88.8 Å². The van der Waals surface area contributed by atoms with Crippen LogP contribution >= 0.6 is 0 Å². The number of carboxylic acids is 2. The summed E-state index contributed by atoms with van der Waals surface area (Å²) < 4.78 is 36.1.